The Kier molecular flexibility index (Phi) is 10.3. The zero-order chi connectivity index (χ0) is 17.4. The predicted octanol–water partition coefficient (Wildman–Crippen LogP) is 6.74. The van der Waals surface area contributed by atoms with Crippen LogP contribution in [0.3, 0.4) is 0 Å². The van der Waals surface area contributed by atoms with E-state index in [9.17, 15) is 0 Å². The van der Waals surface area contributed by atoms with Crippen LogP contribution in [0.2, 0.25) is 39.3 Å². The largest absolute Gasteiger partial charge is 0.412 e. The van der Waals surface area contributed by atoms with Gasteiger partial charge in [-0.2, -0.15) is 0 Å². The fourth-order valence-corrected chi connectivity index (χ4v) is 6.08. The molecule has 0 aliphatic heterocycles. The lowest BCUT2D eigenvalue weighted by Crippen LogP contribution is -2.51. The van der Waals surface area contributed by atoms with Gasteiger partial charge in [0, 0.05) is 0 Å². The van der Waals surface area contributed by atoms with Crippen LogP contribution in [0.25, 0.3) is 0 Å². The van der Waals surface area contributed by atoms with Crippen LogP contribution in [0.4, 0.5) is 0 Å². The molecule has 0 heterocycles. The van der Waals surface area contributed by atoms with Gasteiger partial charge >= 0.3 is 0 Å². The molecule has 2 unspecified atom stereocenters. The van der Waals surface area contributed by atoms with Gasteiger partial charge in [-0.05, 0) is 62.8 Å². The minimum absolute atomic E-state index is 0.161. The first-order valence-electron chi connectivity index (χ1n) is 8.59. The molecule has 0 amide bonds. The molecule has 0 aliphatic carbocycles. The zero-order valence-corrected chi connectivity index (χ0v) is 20.1. The van der Waals surface area contributed by atoms with Crippen LogP contribution in [0, 0.1) is 0 Å². The van der Waals surface area contributed by atoms with Crippen LogP contribution in [-0.2, 0) is 8.85 Å². The monoisotopic (exact) mass is 456 g/mol. The van der Waals surface area contributed by atoms with E-state index < -0.39 is 16.6 Å². The van der Waals surface area contributed by atoms with Crippen LogP contribution < -0.4 is 0 Å². The molecule has 0 aromatic carbocycles. The molecule has 0 radical (unpaired) electrons. The van der Waals surface area contributed by atoms with Crippen molar-refractivity contribution in [2.45, 2.75) is 96.9 Å². The molecule has 2 atom stereocenters. The molecule has 0 N–H and O–H groups in total. The van der Waals surface area contributed by atoms with Gasteiger partial charge in [0.2, 0.25) is 0 Å². The maximum Gasteiger partial charge on any atom is 0.185 e. The summed E-state index contributed by atoms with van der Waals surface area (Å²) in [6, 6.07) is 0. The molecule has 0 saturated heterocycles. The standard InChI is InChI=1S/C17H37IO2Si2/c1-9-10-11-12-13-16(19-21(3,4)5)17(2,14-15-18)20-22(6,7)8/h14-16H,9-13H2,1-8H3. The van der Waals surface area contributed by atoms with Crippen molar-refractivity contribution in [3.63, 3.8) is 0 Å². The first kappa shape index (κ1) is 22.8. The highest BCUT2D eigenvalue weighted by atomic mass is 127. The quantitative estimate of drug-likeness (QED) is 0.195. The van der Waals surface area contributed by atoms with E-state index in [1.54, 1.807) is 0 Å². The van der Waals surface area contributed by atoms with Gasteiger partial charge in [-0.1, -0.05) is 55.2 Å². The molecule has 0 fully saturated rings. The predicted molar refractivity (Wildman–Crippen MR) is 113 cm³/mol. The molecule has 0 saturated carbocycles. The summed E-state index contributed by atoms with van der Waals surface area (Å²) >= 11 is 2.30. The second-order valence-electron chi connectivity index (χ2n) is 8.26. The topological polar surface area (TPSA) is 18.5 Å². The lowest BCUT2D eigenvalue weighted by atomic mass is 9.94. The summed E-state index contributed by atoms with van der Waals surface area (Å²) in [4.78, 5) is 0. The Hall–Kier alpha value is 0.824. The fraction of sp³-hybridized carbons (Fsp3) is 0.882. The molecule has 0 aromatic heterocycles. The Morgan fingerprint density at radius 1 is 1.00 bits per heavy atom. The van der Waals surface area contributed by atoms with Crippen molar-refractivity contribution in [3.05, 3.63) is 10.2 Å². The Balaban J connectivity index is 5.18. The van der Waals surface area contributed by atoms with Gasteiger partial charge in [0.05, 0.1) is 11.7 Å². The maximum absolute atomic E-state index is 6.58. The van der Waals surface area contributed by atoms with Crippen molar-refractivity contribution in [3.8, 4) is 0 Å². The van der Waals surface area contributed by atoms with E-state index in [1.165, 1.54) is 25.7 Å². The number of halogens is 1. The van der Waals surface area contributed by atoms with E-state index >= 15 is 0 Å². The normalized spacial score (nSPS) is 17.7. The van der Waals surface area contributed by atoms with Crippen LogP contribution in [-0.4, -0.2) is 28.3 Å². The zero-order valence-electron chi connectivity index (χ0n) is 16.0. The number of unbranched alkanes of at least 4 members (excludes halogenated alkanes) is 3. The van der Waals surface area contributed by atoms with Crippen LogP contribution in [0.15, 0.2) is 10.2 Å². The van der Waals surface area contributed by atoms with E-state index in [2.05, 4.69) is 85.9 Å². The van der Waals surface area contributed by atoms with Crippen molar-refractivity contribution in [2.75, 3.05) is 0 Å². The van der Waals surface area contributed by atoms with Crippen molar-refractivity contribution in [1.29, 1.82) is 0 Å². The fourth-order valence-electron chi connectivity index (χ4n) is 2.64. The third-order valence-electron chi connectivity index (χ3n) is 3.38. The van der Waals surface area contributed by atoms with E-state index in [4.69, 9.17) is 8.85 Å². The highest BCUT2D eigenvalue weighted by Crippen LogP contribution is 2.31. The third-order valence-corrected chi connectivity index (χ3v) is 5.78. The van der Waals surface area contributed by atoms with Crippen molar-refractivity contribution in [2.24, 2.45) is 0 Å². The van der Waals surface area contributed by atoms with Crippen molar-refractivity contribution in [1.82, 2.24) is 0 Å². The highest BCUT2D eigenvalue weighted by molar-refractivity contribution is 14.1. The van der Waals surface area contributed by atoms with Gasteiger partial charge in [-0.25, -0.2) is 0 Å². The van der Waals surface area contributed by atoms with Crippen molar-refractivity contribution < 1.29 is 8.85 Å². The highest BCUT2D eigenvalue weighted by Gasteiger charge is 2.39. The average Bonchev–Trinajstić information content (AvgIpc) is 2.29. The SMILES string of the molecule is CCCCCCC(O[Si](C)(C)C)C(C)(C=CI)O[Si](C)(C)C. The Morgan fingerprint density at radius 2 is 1.59 bits per heavy atom. The van der Waals surface area contributed by atoms with E-state index in [0.717, 1.165) is 6.42 Å². The van der Waals surface area contributed by atoms with Crippen LogP contribution in [0.5, 0.6) is 0 Å². The summed E-state index contributed by atoms with van der Waals surface area (Å²) in [6.45, 7) is 18.1. The Labute approximate surface area is 154 Å². The van der Waals surface area contributed by atoms with E-state index in [1.807, 2.05) is 0 Å². The molecule has 0 aromatic rings. The van der Waals surface area contributed by atoms with Gasteiger partial charge in [0.25, 0.3) is 0 Å². The van der Waals surface area contributed by atoms with Gasteiger partial charge in [0.1, 0.15) is 0 Å². The maximum atomic E-state index is 6.58. The first-order valence-corrected chi connectivity index (χ1v) is 16.7. The molecule has 0 spiro atoms. The molecule has 2 nitrogen and oxygen atoms in total. The summed E-state index contributed by atoms with van der Waals surface area (Å²) in [5.41, 5.74) is -0.307. The van der Waals surface area contributed by atoms with Gasteiger partial charge < -0.3 is 8.85 Å². The smallest absolute Gasteiger partial charge is 0.185 e. The first-order chi connectivity index (χ1) is 9.93. The Morgan fingerprint density at radius 3 is 2.00 bits per heavy atom. The number of hydrogen-bond acceptors (Lipinski definition) is 2. The molecular formula is C17H37IO2Si2. The molecular weight excluding hydrogens is 419 g/mol. The second-order valence-corrected chi connectivity index (χ2v) is 17.9. The summed E-state index contributed by atoms with van der Waals surface area (Å²) in [5.74, 6) is 0. The lowest BCUT2D eigenvalue weighted by molar-refractivity contribution is -0.00705. The molecule has 5 heteroatoms. The molecule has 0 aliphatic rings. The minimum atomic E-state index is -1.64. The molecule has 0 rings (SSSR count). The minimum Gasteiger partial charge on any atom is -0.412 e. The molecule has 132 valence electrons. The van der Waals surface area contributed by atoms with Crippen LogP contribution in [0.1, 0.15) is 46.0 Å². The van der Waals surface area contributed by atoms with E-state index in [-0.39, 0.29) is 11.7 Å². The van der Waals surface area contributed by atoms with E-state index in [0.29, 0.717) is 0 Å². The summed E-state index contributed by atoms with van der Waals surface area (Å²) < 4.78 is 15.2. The van der Waals surface area contributed by atoms with Crippen molar-refractivity contribution >= 4 is 39.2 Å². The van der Waals surface area contributed by atoms with Gasteiger partial charge in [-0.15, -0.1) is 0 Å². The van der Waals surface area contributed by atoms with Crippen LogP contribution >= 0.6 is 22.6 Å². The lowest BCUT2D eigenvalue weighted by Gasteiger charge is -2.42. The number of rotatable bonds is 11. The Bertz CT molecular complexity index is 335. The molecule has 22 heavy (non-hydrogen) atoms. The summed E-state index contributed by atoms with van der Waals surface area (Å²) in [6.07, 6.45) is 8.56. The van der Waals surface area contributed by atoms with Gasteiger partial charge in [0.15, 0.2) is 16.6 Å². The second kappa shape index (κ2) is 9.96. The summed E-state index contributed by atoms with van der Waals surface area (Å²) in [7, 11) is -3.25. The van der Waals surface area contributed by atoms with Gasteiger partial charge in [-0.3, -0.25) is 0 Å². The molecule has 0 bridgehead atoms. The third kappa shape index (κ3) is 10.6. The number of hydrogen-bond donors (Lipinski definition) is 0. The average molecular weight is 457 g/mol. The summed E-state index contributed by atoms with van der Waals surface area (Å²) in [5, 5.41) is 0.